The molecule has 0 aromatic carbocycles. The van der Waals surface area contributed by atoms with Gasteiger partial charge in [0.05, 0.1) is 0 Å². The fourth-order valence-electron chi connectivity index (χ4n) is 5.84. The molecule has 0 amide bonds. The van der Waals surface area contributed by atoms with E-state index in [1.165, 1.54) is 206 Å². The molecule has 0 radical (unpaired) electrons. The van der Waals surface area contributed by atoms with E-state index >= 15 is 0 Å². The number of nitrogens with zero attached hydrogens (tertiary/aromatic N) is 1. The van der Waals surface area contributed by atoms with Crippen molar-refractivity contribution in [3.63, 3.8) is 0 Å². The predicted molar refractivity (Wildman–Crippen MR) is 177 cm³/mol. The van der Waals surface area contributed by atoms with Gasteiger partial charge in [-0.25, -0.2) is 0 Å². The molecule has 0 spiro atoms. The fourth-order valence-corrected chi connectivity index (χ4v) is 5.84. The van der Waals surface area contributed by atoms with Gasteiger partial charge in [-0.3, -0.25) is 0 Å². The monoisotopic (exact) mass is 536 g/mol. The molecule has 0 N–H and O–H groups in total. The van der Waals surface area contributed by atoms with Crippen molar-refractivity contribution in [1.82, 2.24) is 4.90 Å². The molecule has 38 heavy (non-hydrogen) atoms. The number of unbranched alkanes of at least 4 members (excludes halogenated alkanes) is 26. The zero-order chi connectivity index (χ0) is 27.8. The normalized spacial score (nSPS) is 11.8. The predicted octanol–water partition coefficient (Wildman–Crippen LogP) is 13.3. The SMILES string of the molecule is CCCCCCCCCCCCCCCCN(CCCCCCCCCCCCCCCC)CCC(C)C. The summed E-state index contributed by atoms with van der Waals surface area (Å²) < 4.78 is 0. The molecule has 230 valence electrons. The van der Waals surface area contributed by atoms with Crippen molar-refractivity contribution in [3.05, 3.63) is 0 Å². The van der Waals surface area contributed by atoms with E-state index in [0.717, 1.165) is 5.92 Å². The first-order valence-corrected chi connectivity index (χ1v) is 18.4. The molecule has 1 heteroatoms. The Morgan fingerprint density at radius 3 is 0.789 bits per heavy atom. The Kier molecular flexibility index (Phi) is 33.1. The van der Waals surface area contributed by atoms with Gasteiger partial charge < -0.3 is 4.90 Å². The minimum absolute atomic E-state index is 0.838. The summed E-state index contributed by atoms with van der Waals surface area (Å²) in [5, 5.41) is 0. The van der Waals surface area contributed by atoms with Crippen LogP contribution in [-0.4, -0.2) is 24.5 Å². The summed E-state index contributed by atoms with van der Waals surface area (Å²) in [4.78, 5) is 2.81. The number of hydrogen-bond donors (Lipinski definition) is 0. The fraction of sp³-hybridized carbons (Fsp3) is 1.00. The molecule has 0 aromatic heterocycles. The highest BCUT2D eigenvalue weighted by Crippen LogP contribution is 2.15. The van der Waals surface area contributed by atoms with Crippen molar-refractivity contribution in [2.45, 2.75) is 214 Å². The molecule has 0 aliphatic rings. The van der Waals surface area contributed by atoms with E-state index in [0.29, 0.717) is 0 Å². The summed E-state index contributed by atoms with van der Waals surface area (Å²) >= 11 is 0. The van der Waals surface area contributed by atoms with Crippen molar-refractivity contribution in [2.24, 2.45) is 5.92 Å². The molecule has 0 rings (SSSR count). The number of rotatable bonds is 33. The van der Waals surface area contributed by atoms with E-state index in [1.807, 2.05) is 0 Å². The van der Waals surface area contributed by atoms with E-state index in [2.05, 4.69) is 32.6 Å². The highest BCUT2D eigenvalue weighted by atomic mass is 15.1. The van der Waals surface area contributed by atoms with Crippen molar-refractivity contribution in [1.29, 1.82) is 0 Å². The summed E-state index contributed by atoms with van der Waals surface area (Å²) in [6, 6.07) is 0. The van der Waals surface area contributed by atoms with Crippen LogP contribution in [0.4, 0.5) is 0 Å². The van der Waals surface area contributed by atoms with Crippen LogP contribution in [-0.2, 0) is 0 Å². The van der Waals surface area contributed by atoms with Crippen molar-refractivity contribution in [2.75, 3.05) is 19.6 Å². The second-order valence-corrected chi connectivity index (χ2v) is 13.2. The largest absolute Gasteiger partial charge is 0.303 e. The molecule has 0 unspecified atom stereocenters. The van der Waals surface area contributed by atoms with Gasteiger partial charge in [0, 0.05) is 0 Å². The second kappa shape index (κ2) is 33.2. The molecule has 0 aliphatic heterocycles. The van der Waals surface area contributed by atoms with Gasteiger partial charge in [-0.2, -0.15) is 0 Å². The third-order valence-corrected chi connectivity index (χ3v) is 8.68. The van der Waals surface area contributed by atoms with Crippen molar-refractivity contribution < 1.29 is 0 Å². The van der Waals surface area contributed by atoms with Crippen LogP contribution in [0.2, 0.25) is 0 Å². The highest BCUT2D eigenvalue weighted by Gasteiger charge is 2.06. The molecular formula is C37H77N. The molecule has 0 aliphatic carbocycles. The van der Waals surface area contributed by atoms with Crippen LogP contribution >= 0.6 is 0 Å². The Labute approximate surface area is 244 Å². The lowest BCUT2D eigenvalue weighted by Gasteiger charge is -2.23. The van der Waals surface area contributed by atoms with Crippen LogP contribution in [0.25, 0.3) is 0 Å². The molecule has 1 nitrogen and oxygen atoms in total. The molecule has 0 atom stereocenters. The van der Waals surface area contributed by atoms with Gasteiger partial charge >= 0.3 is 0 Å². The lowest BCUT2D eigenvalue weighted by Crippen LogP contribution is -2.28. The van der Waals surface area contributed by atoms with Crippen LogP contribution in [0.1, 0.15) is 214 Å². The zero-order valence-electron chi connectivity index (χ0n) is 27.7. The molecule has 0 saturated carbocycles. The second-order valence-electron chi connectivity index (χ2n) is 13.2. The summed E-state index contributed by atoms with van der Waals surface area (Å²) in [5.74, 6) is 0.838. The molecule has 0 aromatic rings. The standard InChI is InChI=1S/C37H77N/c1-5-7-9-11-13-15-17-19-21-23-25-27-29-31-34-38(36-33-37(3)4)35-32-30-28-26-24-22-20-18-16-14-12-10-8-6-2/h37H,5-36H2,1-4H3. The van der Waals surface area contributed by atoms with Gasteiger partial charge in [-0.05, 0) is 44.8 Å². The average molecular weight is 536 g/mol. The molecule has 0 bridgehead atoms. The van der Waals surface area contributed by atoms with E-state index in [9.17, 15) is 0 Å². The van der Waals surface area contributed by atoms with E-state index in [-0.39, 0.29) is 0 Å². The molecule has 0 fully saturated rings. The zero-order valence-corrected chi connectivity index (χ0v) is 27.7. The van der Waals surface area contributed by atoms with Crippen molar-refractivity contribution in [3.8, 4) is 0 Å². The van der Waals surface area contributed by atoms with E-state index < -0.39 is 0 Å². The third-order valence-electron chi connectivity index (χ3n) is 8.68. The summed E-state index contributed by atoms with van der Waals surface area (Å²) in [6.07, 6.45) is 42.3. The molecular weight excluding hydrogens is 458 g/mol. The van der Waals surface area contributed by atoms with E-state index in [4.69, 9.17) is 0 Å². The first-order chi connectivity index (χ1) is 18.7. The van der Waals surface area contributed by atoms with Crippen LogP contribution in [0.5, 0.6) is 0 Å². The maximum Gasteiger partial charge on any atom is -0.00163 e. The summed E-state index contributed by atoms with van der Waals surface area (Å²) in [6.45, 7) is 13.4. The van der Waals surface area contributed by atoms with Gasteiger partial charge in [0.15, 0.2) is 0 Å². The van der Waals surface area contributed by atoms with Crippen LogP contribution in [0, 0.1) is 5.92 Å². The van der Waals surface area contributed by atoms with Crippen molar-refractivity contribution >= 4 is 0 Å². The van der Waals surface area contributed by atoms with Gasteiger partial charge in [-0.15, -0.1) is 0 Å². The Hall–Kier alpha value is -0.0400. The smallest absolute Gasteiger partial charge is 0.00163 e. The highest BCUT2D eigenvalue weighted by molar-refractivity contribution is 4.61. The van der Waals surface area contributed by atoms with Gasteiger partial charge in [-0.1, -0.05) is 195 Å². The Bertz CT molecular complexity index is 372. The Morgan fingerprint density at radius 1 is 0.316 bits per heavy atom. The van der Waals surface area contributed by atoms with Gasteiger partial charge in [0.2, 0.25) is 0 Å². The quantitative estimate of drug-likeness (QED) is 0.0755. The first kappa shape index (κ1) is 38.0. The third kappa shape index (κ3) is 32.2. The lowest BCUT2D eigenvalue weighted by atomic mass is 10.0. The molecule has 0 heterocycles. The Morgan fingerprint density at radius 2 is 0.553 bits per heavy atom. The summed E-state index contributed by atoms with van der Waals surface area (Å²) in [5.41, 5.74) is 0. The molecule has 0 saturated heterocycles. The summed E-state index contributed by atoms with van der Waals surface area (Å²) in [7, 11) is 0. The maximum absolute atomic E-state index is 2.81. The van der Waals surface area contributed by atoms with Gasteiger partial charge in [0.25, 0.3) is 0 Å². The van der Waals surface area contributed by atoms with Crippen LogP contribution < -0.4 is 0 Å². The van der Waals surface area contributed by atoms with Crippen LogP contribution in [0.3, 0.4) is 0 Å². The minimum atomic E-state index is 0.838. The van der Waals surface area contributed by atoms with E-state index in [1.54, 1.807) is 0 Å². The first-order valence-electron chi connectivity index (χ1n) is 18.4. The Balaban J connectivity index is 3.57. The van der Waals surface area contributed by atoms with Crippen LogP contribution in [0.15, 0.2) is 0 Å². The lowest BCUT2D eigenvalue weighted by molar-refractivity contribution is 0.246. The topological polar surface area (TPSA) is 3.24 Å². The minimum Gasteiger partial charge on any atom is -0.303 e. The average Bonchev–Trinajstić information content (AvgIpc) is 2.91. The van der Waals surface area contributed by atoms with Gasteiger partial charge in [0.1, 0.15) is 0 Å². The maximum atomic E-state index is 2.81. The number of hydrogen-bond acceptors (Lipinski definition) is 1.